The maximum Gasteiger partial charge on any atom is 0.0480 e. The minimum Gasteiger partial charge on any atom is -0.381 e. The average molecular weight is 238 g/mol. The summed E-state index contributed by atoms with van der Waals surface area (Å²) in [5.41, 5.74) is 0. The van der Waals surface area contributed by atoms with Crippen LogP contribution in [0.15, 0.2) is 0 Å². The van der Waals surface area contributed by atoms with Gasteiger partial charge in [-0.3, -0.25) is 4.90 Å². The van der Waals surface area contributed by atoms with Crippen molar-refractivity contribution >= 4 is 0 Å². The minimum absolute atomic E-state index is 0.812. The second kappa shape index (κ2) is 5.68. The number of piperidine rings is 1. The highest BCUT2D eigenvalue weighted by Gasteiger charge is 2.33. The Hall–Kier alpha value is -0.120. The molecule has 0 aromatic rings. The van der Waals surface area contributed by atoms with E-state index in [1.807, 2.05) is 0 Å². The lowest BCUT2D eigenvalue weighted by atomic mass is 9.98. The van der Waals surface area contributed by atoms with Gasteiger partial charge in [0, 0.05) is 31.8 Å². The molecule has 0 bridgehead atoms. The maximum atomic E-state index is 5.52. The van der Waals surface area contributed by atoms with Gasteiger partial charge in [-0.1, -0.05) is 0 Å². The van der Waals surface area contributed by atoms with Gasteiger partial charge in [-0.2, -0.15) is 0 Å². The van der Waals surface area contributed by atoms with Crippen LogP contribution in [0.3, 0.4) is 0 Å². The van der Waals surface area contributed by atoms with Gasteiger partial charge in [0.15, 0.2) is 0 Å². The molecular weight excluding hydrogens is 212 g/mol. The first kappa shape index (κ1) is 11.9. The van der Waals surface area contributed by atoms with E-state index in [9.17, 15) is 0 Å². The summed E-state index contributed by atoms with van der Waals surface area (Å²) in [5, 5.41) is 3.49. The van der Waals surface area contributed by atoms with Crippen molar-refractivity contribution in [1.29, 1.82) is 0 Å². The molecular formula is C14H26N2O. The van der Waals surface area contributed by atoms with Crippen molar-refractivity contribution in [2.75, 3.05) is 32.8 Å². The average Bonchev–Trinajstić information content (AvgIpc) is 3.22. The predicted octanol–water partition coefficient (Wildman–Crippen LogP) is 1.63. The topological polar surface area (TPSA) is 24.5 Å². The maximum absolute atomic E-state index is 5.52. The lowest BCUT2D eigenvalue weighted by molar-refractivity contribution is 0.00832. The van der Waals surface area contributed by atoms with Crippen LogP contribution in [-0.2, 0) is 4.74 Å². The molecule has 3 heteroatoms. The monoisotopic (exact) mass is 238 g/mol. The number of nitrogens with one attached hydrogen (secondary N) is 1. The van der Waals surface area contributed by atoms with E-state index in [0.29, 0.717) is 0 Å². The minimum atomic E-state index is 0.812. The summed E-state index contributed by atoms with van der Waals surface area (Å²) in [4.78, 5) is 2.86. The molecule has 98 valence electrons. The van der Waals surface area contributed by atoms with Crippen LogP contribution in [0, 0.1) is 5.92 Å². The standard InChI is InChI=1S/C14H26N2O/c1-2-12(1)11-16(13-3-7-15-8-4-13)14-5-9-17-10-6-14/h12-15H,1-11H2. The molecule has 0 spiro atoms. The van der Waals surface area contributed by atoms with Gasteiger partial charge in [0.05, 0.1) is 0 Å². The van der Waals surface area contributed by atoms with Crippen LogP contribution >= 0.6 is 0 Å². The summed E-state index contributed by atoms with van der Waals surface area (Å²) in [7, 11) is 0. The zero-order valence-corrected chi connectivity index (χ0v) is 10.9. The number of nitrogens with zero attached hydrogens (tertiary/aromatic N) is 1. The largest absolute Gasteiger partial charge is 0.381 e. The summed E-state index contributed by atoms with van der Waals surface area (Å²) in [5.74, 6) is 1.02. The highest BCUT2D eigenvalue weighted by atomic mass is 16.5. The Kier molecular flexibility index (Phi) is 3.99. The quantitative estimate of drug-likeness (QED) is 0.805. The molecule has 17 heavy (non-hydrogen) atoms. The molecule has 2 heterocycles. The van der Waals surface area contributed by atoms with E-state index in [1.54, 1.807) is 0 Å². The highest BCUT2D eigenvalue weighted by Crippen LogP contribution is 2.33. The van der Waals surface area contributed by atoms with Crippen LogP contribution in [0.1, 0.15) is 38.5 Å². The lowest BCUT2D eigenvalue weighted by Crippen LogP contribution is -2.50. The van der Waals surface area contributed by atoms with Gasteiger partial charge in [0.1, 0.15) is 0 Å². The zero-order chi connectivity index (χ0) is 11.5. The van der Waals surface area contributed by atoms with Gasteiger partial charge in [0.2, 0.25) is 0 Å². The van der Waals surface area contributed by atoms with Gasteiger partial charge < -0.3 is 10.1 Å². The molecule has 1 N–H and O–H groups in total. The summed E-state index contributed by atoms with van der Waals surface area (Å²) in [6.07, 6.45) is 8.18. The fraction of sp³-hybridized carbons (Fsp3) is 1.00. The van der Waals surface area contributed by atoms with Crippen LogP contribution < -0.4 is 5.32 Å². The molecule has 3 aliphatic rings. The molecule has 1 saturated carbocycles. The van der Waals surface area contributed by atoms with Gasteiger partial charge in [-0.15, -0.1) is 0 Å². The molecule has 0 radical (unpaired) electrons. The first-order valence-corrected chi connectivity index (χ1v) is 7.47. The summed E-state index contributed by atoms with van der Waals surface area (Å²) < 4.78 is 5.52. The normalized spacial score (nSPS) is 28.8. The van der Waals surface area contributed by atoms with Gasteiger partial charge in [-0.25, -0.2) is 0 Å². The molecule has 0 atom stereocenters. The molecule has 0 aromatic heterocycles. The summed E-state index contributed by atoms with van der Waals surface area (Å²) in [6, 6.07) is 1.66. The van der Waals surface area contributed by atoms with Crippen LogP contribution in [0.5, 0.6) is 0 Å². The molecule has 0 amide bonds. The first-order valence-electron chi connectivity index (χ1n) is 7.47. The van der Waals surface area contributed by atoms with Crippen LogP contribution in [0.2, 0.25) is 0 Å². The smallest absolute Gasteiger partial charge is 0.0480 e. The first-order chi connectivity index (χ1) is 8.43. The number of rotatable bonds is 4. The van der Waals surface area contributed by atoms with E-state index in [-0.39, 0.29) is 0 Å². The van der Waals surface area contributed by atoms with E-state index >= 15 is 0 Å². The highest BCUT2D eigenvalue weighted by molar-refractivity contribution is 4.88. The molecule has 2 saturated heterocycles. The van der Waals surface area contributed by atoms with Crippen molar-refractivity contribution in [1.82, 2.24) is 10.2 Å². The molecule has 0 aromatic carbocycles. The second-order valence-electron chi connectivity index (χ2n) is 5.96. The van der Waals surface area contributed by atoms with Crippen LogP contribution in [0.25, 0.3) is 0 Å². The number of hydrogen-bond donors (Lipinski definition) is 1. The van der Waals surface area contributed by atoms with Crippen LogP contribution in [-0.4, -0.2) is 49.8 Å². The molecule has 2 aliphatic heterocycles. The van der Waals surface area contributed by atoms with E-state index in [4.69, 9.17) is 4.74 Å². The third-order valence-corrected chi connectivity index (χ3v) is 4.60. The molecule has 3 fully saturated rings. The molecule has 3 nitrogen and oxygen atoms in total. The Labute approximate surface area is 105 Å². The predicted molar refractivity (Wildman–Crippen MR) is 69.2 cm³/mol. The lowest BCUT2D eigenvalue weighted by Gasteiger charge is -2.41. The van der Waals surface area contributed by atoms with Crippen molar-refractivity contribution in [3.05, 3.63) is 0 Å². The SMILES string of the molecule is C1CC(N(CC2CC2)C2CCOCC2)CCN1. The van der Waals surface area contributed by atoms with E-state index < -0.39 is 0 Å². The Morgan fingerprint density at radius 1 is 0.882 bits per heavy atom. The van der Waals surface area contributed by atoms with Crippen molar-refractivity contribution in [3.63, 3.8) is 0 Å². The Balaban J connectivity index is 1.61. The van der Waals surface area contributed by atoms with Crippen molar-refractivity contribution in [2.24, 2.45) is 5.92 Å². The van der Waals surface area contributed by atoms with E-state index in [2.05, 4.69) is 10.2 Å². The molecule has 0 unspecified atom stereocenters. The van der Waals surface area contributed by atoms with Gasteiger partial charge >= 0.3 is 0 Å². The summed E-state index contributed by atoms with van der Waals surface area (Å²) >= 11 is 0. The van der Waals surface area contributed by atoms with Crippen molar-refractivity contribution in [3.8, 4) is 0 Å². The zero-order valence-electron chi connectivity index (χ0n) is 10.9. The van der Waals surface area contributed by atoms with E-state index in [1.165, 1.54) is 58.2 Å². The number of hydrogen-bond acceptors (Lipinski definition) is 3. The molecule has 3 rings (SSSR count). The number of ether oxygens (including phenoxy) is 1. The third kappa shape index (κ3) is 3.21. The second-order valence-corrected chi connectivity index (χ2v) is 5.96. The van der Waals surface area contributed by atoms with Gasteiger partial charge in [-0.05, 0) is 57.5 Å². The summed E-state index contributed by atoms with van der Waals surface area (Å²) in [6.45, 7) is 5.77. The molecule has 1 aliphatic carbocycles. The van der Waals surface area contributed by atoms with Crippen LogP contribution in [0.4, 0.5) is 0 Å². The fourth-order valence-corrected chi connectivity index (χ4v) is 3.35. The third-order valence-electron chi connectivity index (χ3n) is 4.60. The van der Waals surface area contributed by atoms with Crippen molar-refractivity contribution < 1.29 is 4.74 Å². The Morgan fingerprint density at radius 3 is 2.18 bits per heavy atom. The van der Waals surface area contributed by atoms with Gasteiger partial charge in [0.25, 0.3) is 0 Å². The van der Waals surface area contributed by atoms with Crippen molar-refractivity contribution in [2.45, 2.75) is 50.6 Å². The fourth-order valence-electron chi connectivity index (χ4n) is 3.35. The van der Waals surface area contributed by atoms with E-state index in [0.717, 1.165) is 31.2 Å². The Bertz CT molecular complexity index is 212. The Morgan fingerprint density at radius 2 is 1.53 bits per heavy atom.